The normalized spacial score (nSPS) is 18.9. The van der Waals surface area contributed by atoms with Crippen molar-refractivity contribution in [1.29, 1.82) is 0 Å². The van der Waals surface area contributed by atoms with Crippen molar-refractivity contribution in [2.45, 2.75) is 30.9 Å². The summed E-state index contributed by atoms with van der Waals surface area (Å²) in [5, 5.41) is 23.6. The van der Waals surface area contributed by atoms with Gasteiger partial charge >= 0.3 is 0 Å². The second-order valence-corrected chi connectivity index (χ2v) is 9.06. The van der Waals surface area contributed by atoms with Crippen LogP contribution in [-0.4, -0.2) is 54.6 Å². The molecule has 3 aromatic rings. The third kappa shape index (κ3) is 5.49. The number of carbonyl (C=O) groups is 1. The smallest absolute Gasteiger partial charge is 0.251 e. The average molecular weight is 531 g/mol. The molecular formula is C27H28ClFN2O6. The van der Waals surface area contributed by atoms with Crippen molar-refractivity contribution < 1.29 is 33.6 Å². The molecular weight excluding hydrogens is 503 g/mol. The Hall–Kier alpha value is -3.40. The van der Waals surface area contributed by atoms with Crippen LogP contribution < -0.4 is 19.5 Å². The number of benzene rings is 2. The highest BCUT2D eigenvalue weighted by Gasteiger charge is 2.45. The minimum absolute atomic E-state index is 0.0559. The zero-order valence-electron chi connectivity index (χ0n) is 20.5. The Morgan fingerprint density at radius 1 is 1.14 bits per heavy atom. The molecule has 8 nitrogen and oxygen atoms in total. The predicted molar refractivity (Wildman–Crippen MR) is 136 cm³/mol. The van der Waals surface area contributed by atoms with E-state index >= 15 is 0 Å². The highest BCUT2D eigenvalue weighted by Crippen LogP contribution is 2.41. The fourth-order valence-electron chi connectivity index (χ4n) is 4.51. The molecule has 0 bridgehead atoms. The summed E-state index contributed by atoms with van der Waals surface area (Å²) in [7, 11) is 2.95. The molecule has 1 fully saturated rings. The van der Waals surface area contributed by atoms with Gasteiger partial charge in [0.2, 0.25) is 0 Å². The standard InChI is InChI=1S/C27H28ClFN2O6/c1-35-21-9-10-24(30-25(21)16-5-7-19(29)18(28)14-16)27(34)11-3-4-23(27)31-26(33)17-6-8-20(37-13-12-32)22(15-17)36-2/h5-10,14-15,23,32,34H,3-4,11-13H2,1-2H3,(H,31,33)/t23-,27?/m1/s1. The Morgan fingerprint density at radius 3 is 2.59 bits per heavy atom. The highest BCUT2D eigenvalue weighted by atomic mass is 35.5. The molecule has 1 aliphatic rings. The van der Waals surface area contributed by atoms with E-state index < -0.39 is 23.4 Å². The van der Waals surface area contributed by atoms with Crippen LogP contribution in [0.2, 0.25) is 5.02 Å². The summed E-state index contributed by atoms with van der Waals surface area (Å²) in [6, 6.07) is 11.7. The molecule has 0 saturated heterocycles. The Bertz CT molecular complexity index is 1290. The van der Waals surface area contributed by atoms with Crippen molar-refractivity contribution in [2.24, 2.45) is 0 Å². The van der Waals surface area contributed by atoms with Gasteiger partial charge in [0, 0.05) is 11.1 Å². The summed E-state index contributed by atoms with van der Waals surface area (Å²) in [6.07, 6.45) is 1.60. The van der Waals surface area contributed by atoms with Gasteiger partial charge < -0.3 is 29.7 Å². The van der Waals surface area contributed by atoms with Gasteiger partial charge in [-0.25, -0.2) is 9.37 Å². The van der Waals surface area contributed by atoms with Gasteiger partial charge in [0.05, 0.1) is 37.6 Å². The van der Waals surface area contributed by atoms with Gasteiger partial charge in [0.25, 0.3) is 5.91 Å². The van der Waals surface area contributed by atoms with Gasteiger partial charge in [-0.2, -0.15) is 0 Å². The first-order chi connectivity index (χ1) is 17.8. The lowest BCUT2D eigenvalue weighted by Crippen LogP contribution is -2.47. The SMILES string of the molecule is COc1cc(C(=O)N[C@@H]2CCCC2(O)c2ccc(OC)c(-c3ccc(F)c(Cl)c3)n2)ccc1OCCO. The summed E-state index contributed by atoms with van der Waals surface area (Å²) in [6.45, 7) is -0.0566. The number of rotatable bonds is 9. The van der Waals surface area contributed by atoms with Crippen molar-refractivity contribution >= 4 is 17.5 Å². The molecule has 2 aromatic carbocycles. The third-order valence-corrected chi connectivity index (χ3v) is 6.71. The highest BCUT2D eigenvalue weighted by molar-refractivity contribution is 6.31. The Kier molecular flexibility index (Phi) is 8.16. The summed E-state index contributed by atoms with van der Waals surface area (Å²) < 4.78 is 29.9. The lowest BCUT2D eigenvalue weighted by atomic mass is 9.92. The van der Waals surface area contributed by atoms with E-state index in [1.807, 2.05) is 0 Å². The number of nitrogens with zero attached hydrogens (tertiary/aromatic N) is 1. The Labute approximate surface area is 219 Å². The van der Waals surface area contributed by atoms with Crippen molar-refractivity contribution in [1.82, 2.24) is 10.3 Å². The number of aliphatic hydroxyl groups is 2. The molecule has 0 spiro atoms. The van der Waals surface area contributed by atoms with E-state index in [1.54, 1.807) is 24.3 Å². The number of amides is 1. The van der Waals surface area contributed by atoms with Gasteiger partial charge in [-0.15, -0.1) is 0 Å². The topological polar surface area (TPSA) is 110 Å². The predicted octanol–water partition coefficient (Wildman–Crippen LogP) is 4.10. The zero-order valence-corrected chi connectivity index (χ0v) is 21.2. The number of ether oxygens (including phenoxy) is 3. The fraction of sp³-hybridized carbons (Fsp3) is 0.333. The summed E-state index contributed by atoms with van der Waals surface area (Å²) in [5.41, 5.74) is 0.177. The van der Waals surface area contributed by atoms with Crippen LogP contribution in [0.1, 0.15) is 35.3 Å². The first-order valence-corrected chi connectivity index (χ1v) is 12.1. The first kappa shape index (κ1) is 26.7. The number of aliphatic hydroxyl groups excluding tert-OH is 1. The maximum absolute atomic E-state index is 13.7. The van der Waals surface area contributed by atoms with Crippen LogP contribution in [0.3, 0.4) is 0 Å². The van der Waals surface area contributed by atoms with Crippen molar-refractivity contribution in [2.75, 3.05) is 27.4 Å². The number of halogens is 2. The minimum Gasteiger partial charge on any atom is -0.494 e. The zero-order chi connectivity index (χ0) is 26.6. The van der Waals surface area contributed by atoms with Gasteiger partial charge in [-0.3, -0.25) is 4.79 Å². The number of aromatic nitrogens is 1. The van der Waals surface area contributed by atoms with Crippen LogP contribution in [0, 0.1) is 5.82 Å². The molecule has 10 heteroatoms. The van der Waals surface area contributed by atoms with Crippen LogP contribution in [0.5, 0.6) is 17.2 Å². The van der Waals surface area contributed by atoms with Crippen molar-refractivity contribution in [3.05, 3.63) is 70.6 Å². The summed E-state index contributed by atoms with van der Waals surface area (Å²) in [4.78, 5) is 17.8. The number of hydrogen-bond acceptors (Lipinski definition) is 7. The largest absolute Gasteiger partial charge is 0.494 e. The van der Waals surface area contributed by atoms with E-state index in [0.717, 1.165) is 0 Å². The Morgan fingerprint density at radius 2 is 1.89 bits per heavy atom. The molecule has 196 valence electrons. The number of hydrogen-bond donors (Lipinski definition) is 3. The number of methoxy groups -OCH3 is 2. The Balaban J connectivity index is 1.61. The monoisotopic (exact) mass is 530 g/mol. The maximum atomic E-state index is 13.7. The van der Waals surface area contributed by atoms with Gasteiger partial charge in [0.1, 0.15) is 29.5 Å². The lowest BCUT2D eigenvalue weighted by molar-refractivity contribution is 0.0120. The summed E-state index contributed by atoms with van der Waals surface area (Å²) >= 11 is 5.98. The molecule has 1 amide bonds. The lowest BCUT2D eigenvalue weighted by Gasteiger charge is -2.31. The second kappa shape index (κ2) is 11.3. The van der Waals surface area contributed by atoms with Crippen LogP contribution >= 0.6 is 11.6 Å². The van der Waals surface area contributed by atoms with Crippen LogP contribution in [0.4, 0.5) is 4.39 Å². The second-order valence-electron chi connectivity index (χ2n) is 8.66. The molecule has 4 rings (SSSR count). The van der Waals surface area contributed by atoms with Gasteiger partial charge in [0.15, 0.2) is 11.5 Å². The van der Waals surface area contributed by atoms with E-state index in [4.69, 9.17) is 30.9 Å². The molecule has 1 saturated carbocycles. The van der Waals surface area contributed by atoms with E-state index in [0.29, 0.717) is 59.0 Å². The maximum Gasteiger partial charge on any atom is 0.251 e. The van der Waals surface area contributed by atoms with Crippen molar-refractivity contribution in [3.8, 4) is 28.5 Å². The van der Waals surface area contributed by atoms with E-state index in [9.17, 15) is 14.3 Å². The molecule has 1 heterocycles. The quantitative estimate of drug-likeness (QED) is 0.382. The van der Waals surface area contributed by atoms with Gasteiger partial charge in [-0.05, 0) is 67.8 Å². The molecule has 3 N–H and O–H groups in total. The van der Waals surface area contributed by atoms with Crippen LogP contribution in [0.15, 0.2) is 48.5 Å². The molecule has 0 radical (unpaired) electrons. The molecule has 0 aliphatic heterocycles. The third-order valence-electron chi connectivity index (χ3n) is 6.42. The van der Waals surface area contributed by atoms with Gasteiger partial charge in [-0.1, -0.05) is 11.6 Å². The number of nitrogens with one attached hydrogen (secondary N) is 1. The van der Waals surface area contributed by atoms with E-state index in [2.05, 4.69) is 10.3 Å². The van der Waals surface area contributed by atoms with Crippen molar-refractivity contribution in [3.63, 3.8) is 0 Å². The number of pyridine rings is 1. The van der Waals surface area contributed by atoms with E-state index in [-0.39, 0.29) is 18.2 Å². The first-order valence-electron chi connectivity index (χ1n) is 11.8. The molecule has 2 atom stereocenters. The molecule has 37 heavy (non-hydrogen) atoms. The fourth-order valence-corrected chi connectivity index (χ4v) is 4.70. The summed E-state index contributed by atoms with van der Waals surface area (Å²) in [5.74, 6) is 0.242. The average Bonchev–Trinajstić information content (AvgIpc) is 3.29. The van der Waals surface area contributed by atoms with Crippen LogP contribution in [-0.2, 0) is 5.60 Å². The minimum atomic E-state index is -1.44. The molecule has 1 aromatic heterocycles. The number of carbonyl (C=O) groups excluding carboxylic acids is 1. The molecule has 1 aliphatic carbocycles. The van der Waals surface area contributed by atoms with Crippen LogP contribution in [0.25, 0.3) is 11.3 Å². The molecule has 1 unspecified atom stereocenters. The van der Waals surface area contributed by atoms with E-state index in [1.165, 1.54) is 38.5 Å².